The molecule has 0 amide bonds. The Labute approximate surface area is 158 Å². The number of hydrogen-bond donors (Lipinski definition) is 0. The summed E-state index contributed by atoms with van der Waals surface area (Å²) in [5.74, 6) is 1.26. The molecule has 3 aromatic rings. The number of anilines is 1. The monoisotopic (exact) mass is 366 g/mol. The predicted octanol–water partition coefficient (Wildman–Crippen LogP) is 4.02. The van der Waals surface area contributed by atoms with Crippen LogP contribution >= 0.6 is 0 Å². The van der Waals surface area contributed by atoms with Crippen molar-refractivity contribution in [2.75, 3.05) is 18.0 Å². The van der Waals surface area contributed by atoms with Gasteiger partial charge >= 0.3 is 0 Å². The van der Waals surface area contributed by atoms with Gasteiger partial charge in [-0.2, -0.15) is 5.10 Å². The number of aryl methyl sites for hydroxylation is 1. The van der Waals surface area contributed by atoms with E-state index in [0.29, 0.717) is 5.75 Å². The molecule has 0 spiro atoms. The predicted molar refractivity (Wildman–Crippen MR) is 103 cm³/mol. The molecule has 6 heteroatoms. The van der Waals surface area contributed by atoms with Gasteiger partial charge in [0.1, 0.15) is 23.4 Å². The molecule has 1 aliphatic heterocycles. The van der Waals surface area contributed by atoms with Gasteiger partial charge < -0.3 is 9.64 Å². The van der Waals surface area contributed by atoms with Crippen LogP contribution in [0.1, 0.15) is 25.5 Å². The zero-order valence-electron chi connectivity index (χ0n) is 15.4. The highest BCUT2D eigenvalue weighted by Crippen LogP contribution is 2.26. The Morgan fingerprint density at radius 1 is 1.15 bits per heavy atom. The Kier molecular flexibility index (Phi) is 5.05. The van der Waals surface area contributed by atoms with E-state index < -0.39 is 0 Å². The number of pyridine rings is 1. The molecule has 27 heavy (non-hydrogen) atoms. The quantitative estimate of drug-likeness (QED) is 0.684. The molecule has 1 fully saturated rings. The molecule has 0 aliphatic carbocycles. The van der Waals surface area contributed by atoms with Crippen molar-refractivity contribution < 1.29 is 9.13 Å². The lowest BCUT2D eigenvalue weighted by Gasteiger charge is -2.33. The maximum absolute atomic E-state index is 13.3. The molecular weight excluding hydrogens is 343 g/mol. The lowest BCUT2D eigenvalue weighted by molar-refractivity contribution is 0.170. The van der Waals surface area contributed by atoms with Gasteiger partial charge in [0.15, 0.2) is 5.82 Å². The molecule has 0 radical (unpaired) electrons. The van der Waals surface area contributed by atoms with E-state index in [1.165, 1.54) is 12.1 Å². The molecule has 2 aromatic heterocycles. The number of benzene rings is 1. The van der Waals surface area contributed by atoms with E-state index in [1.807, 2.05) is 35.3 Å². The Morgan fingerprint density at radius 2 is 2.00 bits per heavy atom. The maximum atomic E-state index is 13.3. The van der Waals surface area contributed by atoms with Crippen molar-refractivity contribution in [1.29, 1.82) is 0 Å². The fourth-order valence-electron chi connectivity index (χ4n) is 3.41. The fraction of sp³-hybridized carbons (Fsp3) is 0.333. The highest BCUT2D eigenvalue weighted by atomic mass is 19.1. The number of nitrogens with zero attached hydrogens (tertiary/aromatic N) is 4. The smallest absolute Gasteiger partial charge is 0.154 e. The van der Waals surface area contributed by atoms with Gasteiger partial charge in [0.25, 0.3) is 0 Å². The molecule has 5 nitrogen and oxygen atoms in total. The molecule has 0 N–H and O–H groups in total. The molecule has 0 atom stereocenters. The first-order valence-corrected chi connectivity index (χ1v) is 9.40. The van der Waals surface area contributed by atoms with Crippen LogP contribution in [-0.2, 0) is 6.42 Å². The third kappa shape index (κ3) is 3.94. The third-order valence-corrected chi connectivity index (χ3v) is 4.86. The highest BCUT2D eigenvalue weighted by molar-refractivity contribution is 5.57. The Hall–Kier alpha value is -2.89. The van der Waals surface area contributed by atoms with Crippen molar-refractivity contribution in [1.82, 2.24) is 14.8 Å². The number of hydrogen-bond acceptors (Lipinski definition) is 4. The zero-order chi connectivity index (χ0) is 18.6. The SMILES string of the molecule is CCc1ccn(-c2cccnc2N2CCC(Oc3cccc(F)c3)CC2)n1. The molecule has 0 bridgehead atoms. The van der Waals surface area contributed by atoms with Crippen molar-refractivity contribution in [2.45, 2.75) is 32.3 Å². The van der Waals surface area contributed by atoms with Crippen molar-refractivity contribution in [3.63, 3.8) is 0 Å². The van der Waals surface area contributed by atoms with Crippen LogP contribution in [0.15, 0.2) is 54.9 Å². The minimum absolute atomic E-state index is 0.0895. The number of aromatic nitrogens is 3. The van der Waals surface area contributed by atoms with Crippen LogP contribution in [0, 0.1) is 5.82 Å². The van der Waals surface area contributed by atoms with E-state index >= 15 is 0 Å². The van der Waals surface area contributed by atoms with Gasteiger partial charge in [0, 0.05) is 44.4 Å². The van der Waals surface area contributed by atoms with E-state index in [0.717, 1.165) is 49.6 Å². The summed E-state index contributed by atoms with van der Waals surface area (Å²) in [6, 6.07) is 12.4. The molecule has 140 valence electrons. The lowest BCUT2D eigenvalue weighted by Crippen LogP contribution is -2.39. The first-order valence-electron chi connectivity index (χ1n) is 9.40. The zero-order valence-corrected chi connectivity index (χ0v) is 15.4. The number of ether oxygens (including phenoxy) is 1. The fourth-order valence-corrected chi connectivity index (χ4v) is 3.41. The van der Waals surface area contributed by atoms with Gasteiger partial charge in [-0.05, 0) is 36.8 Å². The van der Waals surface area contributed by atoms with Gasteiger partial charge in [-0.3, -0.25) is 0 Å². The van der Waals surface area contributed by atoms with E-state index in [4.69, 9.17) is 4.74 Å². The molecule has 3 heterocycles. The van der Waals surface area contributed by atoms with Crippen LogP contribution in [0.3, 0.4) is 0 Å². The van der Waals surface area contributed by atoms with Crippen LogP contribution in [0.5, 0.6) is 5.75 Å². The summed E-state index contributed by atoms with van der Waals surface area (Å²) in [6.07, 6.45) is 6.53. The number of halogens is 1. The molecule has 1 aromatic carbocycles. The van der Waals surface area contributed by atoms with Crippen LogP contribution in [0.4, 0.5) is 10.2 Å². The summed E-state index contributed by atoms with van der Waals surface area (Å²) < 4.78 is 21.2. The second-order valence-corrected chi connectivity index (χ2v) is 6.71. The summed E-state index contributed by atoms with van der Waals surface area (Å²) in [6.45, 7) is 3.78. The van der Waals surface area contributed by atoms with Crippen molar-refractivity contribution in [3.8, 4) is 11.4 Å². The van der Waals surface area contributed by atoms with Crippen LogP contribution in [-0.4, -0.2) is 34.0 Å². The van der Waals surface area contributed by atoms with Gasteiger partial charge in [0.05, 0.1) is 5.69 Å². The molecule has 0 saturated carbocycles. The van der Waals surface area contributed by atoms with E-state index in [-0.39, 0.29) is 11.9 Å². The number of piperidine rings is 1. The minimum atomic E-state index is -0.270. The van der Waals surface area contributed by atoms with Crippen molar-refractivity contribution >= 4 is 5.82 Å². The Balaban J connectivity index is 1.45. The van der Waals surface area contributed by atoms with Gasteiger partial charge in [-0.15, -0.1) is 0 Å². The summed E-state index contributed by atoms with van der Waals surface area (Å²) in [7, 11) is 0. The van der Waals surface area contributed by atoms with Crippen molar-refractivity contribution in [2.24, 2.45) is 0 Å². The summed E-state index contributed by atoms with van der Waals surface area (Å²) in [5.41, 5.74) is 2.05. The van der Waals surface area contributed by atoms with Crippen LogP contribution in [0.2, 0.25) is 0 Å². The number of rotatable bonds is 5. The molecule has 1 aliphatic rings. The standard InChI is InChI=1S/C21H23FN4O/c1-2-17-8-14-26(24-17)20-7-4-11-23-21(20)25-12-9-18(10-13-25)27-19-6-3-5-16(22)15-19/h3-8,11,14-15,18H,2,9-10,12-13H2,1H3. The van der Waals surface area contributed by atoms with E-state index in [2.05, 4.69) is 21.9 Å². The first kappa shape index (κ1) is 17.5. The van der Waals surface area contributed by atoms with E-state index in [9.17, 15) is 4.39 Å². The molecular formula is C21H23FN4O. The largest absolute Gasteiger partial charge is 0.490 e. The molecule has 4 rings (SSSR count). The average molecular weight is 366 g/mol. The lowest BCUT2D eigenvalue weighted by atomic mass is 10.1. The highest BCUT2D eigenvalue weighted by Gasteiger charge is 2.23. The van der Waals surface area contributed by atoms with Crippen LogP contribution < -0.4 is 9.64 Å². The average Bonchev–Trinajstić information content (AvgIpc) is 3.18. The topological polar surface area (TPSA) is 43.2 Å². The first-order chi connectivity index (χ1) is 13.2. The summed E-state index contributed by atoms with van der Waals surface area (Å²) in [5, 5.41) is 4.62. The minimum Gasteiger partial charge on any atom is -0.490 e. The van der Waals surface area contributed by atoms with Gasteiger partial charge in [-0.1, -0.05) is 13.0 Å². The second kappa shape index (κ2) is 7.78. The van der Waals surface area contributed by atoms with Crippen LogP contribution in [0.25, 0.3) is 5.69 Å². The Bertz CT molecular complexity index is 902. The maximum Gasteiger partial charge on any atom is 0.154 e. The summed E-state index contributed by atoms with van der Waals surface area (Å²) >= 11 is 0. The third-order valence-electron chi connectivity index (χ3n) is 4.86. The van der Waals surface area contributed by atoms with Gasteiger partial charge in [-0.25, -0.2) is 14.1 Å². The molecule has 0 unspecified atom stereocenters. The van der Waals surface area contributed by atoms with Gasteiger partial charge in [0.2, 0.25) is 0 Å². The second-order valence-electron chi connectivity index (χ2n) is 6.71. The normalized spacial score (nSPS) is 15.1. The summed E-state index contributed by atoms with van der Waals surface area (Å²) in [4.78, 5) is 6.88. The van der Waals surface area contributed by atoms with Crippen molar-refractivity contribution in [3.05, 3.63) is 66.4 Å². The van der Waals surface area contributed by atoms with E-state index in [1.54, 1.807) is 12.1 Å². The Morgan fingerprint density at radius 3 is 2.74 bits per heavy atom. The molecule has 1 saturated heterocycles.